The summed E-state index contributed by atoms with van der Waals surface area (Å²) in [6.45, 7) is 4.95. The van der Waals surface area contributed by atoms with E-state index in [2.05, 4.69) is 42.1 Å². The zero-order valence-corrected chi connectivity index (χ0v) is 11.1. The summed E-state index contributed by atoms with van der Waals surface area (Å²) in [5, 5.41) is 0. The highest BCUT2D eigenvalue weighted by molar-refractivity contribution is 6.02. The van der Waals surface area contributed by atoms with E-state index in [0.717, 1.165) is 24.4 Å². The molecular formula is C15H18N2O. The van der Waals surface area contributed by atoms with Gasteiger partial charge < -0.3 is 4.90 Å². The third kappa shape index (κ3) is 2.50. The Balaban J connectivity index is 2.48. The van der Waals surface area contributed by atoms with Crippen LogP contribution in [0.1, 0.15) is 23.6 Å². The summed E-state index contributed by atoms with van der Waals surface area (Å²) in [4.78, 5) is 16.4. The van der Waals surface area contributed by atoms with Gasteiger partial charge in [-0.05, 0) is 31.9 Å². The fourth-order valence-corrected chi connectivity index (χ4v) is 2.30. The summed E-state index contributed by atoms with van der Waals surface area (Å²) < 4.78 is 0. The van der Waals surface area contributed by atoms with Crippen molar-refractivity contribution in [1.29, 1.82) is 0 Å². The van der Waals surface area contributed by atoms with Gasteiger partial charge in [0.2, 0.25) is 6.41 Å². The van der Waals surface area contributed by atoms with E-state index < -0.39 is 0 Å². The number of rotatable bonds is 2. The number of aliphatic imine (C=N–C) groups is 1. The summed E-state index contributed by atoms with van der Waals surface area (Å²) in [7, 11) is 2.07. The van der Waals surface area contributed by atoms with E-state index in [1.54, 1.807) is 0 Å². The lowest BCUT2D eigenvalue weighted by atomic mass is 9.94. The molecule has 1 aliphatic rings. The lowest BCUT2D eigenvalue weighted by molar-refractivity contribution is -0.106. The van der Waals surface area contributed by atoms with Gasteiger partial charge in [-0.3, -0.25) is 4.79 Å². The van der Waals surface area contributed by atoms with Crippen molar-refractivity contribution in [2.75, 3.05) is 13.6 Å². The maximum Gasteiger partial charge on any atom is 0.233 e. The molecule has 0 saturated heterocycles. The van der Waals surface area contributed by atoms with Crippen LogP contribution in [-0.2, 0) is 11.2 Å². The molecule has 0 saturated carbocycles. The number of allylic oxidation sites excluding steroid dienone is 1. The minimum atomic E-state index is 0.589. The van der Waals surface area contributed by atoms with Gasteiger partial charge in [-0.2, -0.15) is 0 Å². The van der Waals surface area contributed by atoms with Crippen molar-refractivity contribution in [2.45, 2.75) is 20.3 Å². The Kier molecular flexibility index (Phi) is 3.60. The normalized spacial score (nSPS) is 17.8. The van der Waals surface area contributed by atoms with Crippen molar-refractivity contribution < 1.29 is 4.79 Å². The predicted octanol–water partition coefficient (Wildman–Crippen LogP) is 2.44. The summed E-state index contributed by atoms with van der Waals surface area (Å²) in [5.74, 6) is 0. The van der Waals surface area contributed by atoms with Crippen LogP contribution in [0.25, 0.3) is 5.70 Å². The number of carbonyl (C=O) groups excluding carboxylic acids is 1. The molecule has 1 aliphatic heterocycles. The second-order valence-electron chi connectivity index (χ2n) is 4.74. The van der Waals surface area contributed by atoms with Crippen molar-refractivity contribution in [2.24, 2.45) is 4.99 Å². The second-order valence-corrected chi connectivity index (χ2v) is 4.74. The van der Waals surface area contributed by atoms with E-state index in [1.807, 2.05) is 13.0 Å². The lowest BCUT2D eigenvalue weighted by Crippen LogP contribution is -2.26. The summed E-state index contributed by atoms with van der Waals surface area (Å²) in [5.41, 5.74) is 5.78. The molecule has 0 N–H and O–H groups in total. The smallest absolute Gasteiger partial charge is 0.233 e. The molecule has 0 aliphatic carbocycles. The first kappa shape index (κ1) is 12.6. The maximum atomic E-state index is 10.4. The van der Waals surface area contributed by atoms with Gasteiger partial charge in [-0.15, -0.1) is 0 Å². The molecule has 94 valence electrons. The van der Waals surface area contributed by atoms with Crippen LogP contribution in [0.4, 0.5) is 0 Å². The minimum Gasteiger partial charge on any atom is -0.374 e. The largest absolute Gasteiger partial charge is 0.374 e. The third-order valence-electron chi connectivity index (χ3n) is 3.27. The SMILES string of the molecule is CC(/C=C1/c2ccc(C)cc2CCN1C)=NC=O. The predicted molar refractivity (Wildman–Crippen MR) is 74.7 cm³/mol. The monoisotopic (exact) mass is 242 g/mol. The number of hydrogen-bond acceptors (Lipinski definition) is 2. The van der Waals surface area contributed by atoms with Crippen molar-refractivity contribution in [3.8, 4) is 0 Å². The molecule has 1 heterocycles. The number of amides is 1. The van der Waals surface area contributed by atoms with Gasteiger partial charge in [0, 0.05) is 30.6 Å². The van der Waals surface area contributed by atoms with Crippen LogP contribution in [0, 0.1) is 6.92 Å². The molecule has 0 spiro atoms. The number of benzene rings is 1. The van der Waals surface area contributed by atoms with Crippen LogP contribution < -0.4 is 0 Å². The van der Waals surface area contributed by atoms with E-state index in [0.29, 0.717) is 6.41 Å². The van der Waals surface area contributed by atoms with Crippen molar-refractivity contribution >= 4 is 17.8 Å². The Hall–Kier alpha value is -1.90. The van der Waals surface area contributed by atoms with E-state index >= 15 is 0 Å². The van der Waals surface area contributed by atoms with Gasteiger partial charge in [0.05, 0.1) is 0 Å². The van der Waals surface area contributed by atoms with E-state index in [4.69, 9.17) is 0 Å². The number of aryl methyl sites for hydroxylation is 1. The second kappa shape index (κ2) is 5.17. The number of hydrogen-bond donors (Lipinski definition) is 0. The molecule has 0 bridgehead atoms. The number of nitrogens with zero attached hydrogens (tertiary/aromatic N) is 2. The quantitative estimate of drug-likeness (QED) is 0.589. The van der Waals surface area contributed by atoms with Crippen LogP contribution in [0.3, 0.4) is 0 Å². The number of likely N-dealkylation sites (N-methyl/N-ethyl adjacent to an activating group) is 1. The van der Waals surface area contributed by atoms with E-state index in [1.165, 1.54) is 16.7 Å². The van der Waals surface area contributed by atoms with Gasteiger partial charge in [0.15, 0.2) is 0 Å². The molecule has 1 amide bonds. The number of fused-ring (bicyclic) bond motifs is 1. The average Bonchev–Trinajstić information content (AvgIpc) is 2.33. The minimum absolute atomic E-state index is 0.589. The van der Waals surface area contributed by atoms with Crippen LogP contribution >= 0.6 is 0 Å². The van der Waals surface area contributed by atoms with Crippen molar-refractivity contribution in [3.63, 3.8) is 0 Å². The zero-order valence-electron chi connectivity index (χ0n) is 11.1. The Bertz CT molecular complexity index is 529. The molecule has 2 rings (SSSR count). The molecule has 1 aromatic carbocycles. The molecular weight excluding hydrogens is 224 g/mol. The Morgan fingerprint density at radius 1 is 1.44 bits per heavy atom. The van der Waals surface area contributed by atoms with Gasteiger partial charge >= 0.3 is 0 Å². The third-order valence-corrected chi connectivity index (χ3v) is 3.27. The number of carbonyl (C=O) groups is 1. The maximum absolute atomic E-state index is 10.4. The molecule has 18 heavy (non-hydrogen) atoms. The molecule has 1 aromatic rings. The highest BCUT2D eigenvalue weighted by atomic mass is 16.1. The van der Waals surface area contributed by atoms with Gasteiger partial charge in [-0.25, -0.2) is 4.99 Å². The van der Waals surface area contributed by atoms with Gasteiger partial charge in [-0.1, -0.05) is 23.8 Å². The first-order valence-corrected chi connectivity index (χ1v) is 6.12. The topological polar surface area (TPSA) is 32.7 Å². The van der Waals surface area contributed by atoms with Crippen LogP contribution in [-0.4, -0.2) is 30.6 Å². The molecule has 0 fully saturated rings. The fraction of sp³-hybridized carbons (Fsp3) is 0.333. The van der Waals surface area contributed by atoms with Crippen LogP contribution in [0.15, 0.2) is 29.3 Å². The Morgan fingerprint density at radius 3 is 2.94 bits per heavy atom. The van der Waals surface area contributed by atoms with Crippen molar-refractivity contribution in [1.82, 2.24) is 4.90 Å². The summed E-state index contributed by atoms with van der Waals surface area (Å²) >= 11 is 0. The van der Waals surface area contributed by atoms with Crippen LogP contribution in [0.5, 0.6) is 0 Å². The first-order valence-electron chi connectivity index (χ1n) is 6.12. The van der Waals surface area contributed by atoms with Gasteiger partial charge in [0.25, 0.3) is 0 Å². The highest BCUT2D eigenvalue weighted by Gasteiger charge is 2.18. The zero-order chi connectivity index (χ0) is 13.1. The van der Waals surface area contributed by atoms with Crippen LogP contribution in [0.2, 0.25) is 0 Å². The molecule has 3 nitrogen and oxygen atoms in total. The molecule has 0 aromatic heterocycles. The Labute approximate surface area is 108 Å². The van der Waals surface area contributed by atoms with Crippen molar-refractivity contribution in [3.05, 3.63) is 41.0 Å². The van der Waals surface area contributed by atoms with E-state index in [-0.39, 0.29) is 0 Å². The molecule has 0 radical (unpaired) electrons. The summed E-state index contributed by atoms with van der Waals surface area (Å²) in [6.07, 6.45) is 3.63. The lowest BCUT2D eigenvalue weighted by Gasteiger charge is -2.30. The molecule has 0 unspecified atom stereocenters. The molecule has 3 heteroatoms. The standard InChI is InChI=1S/C15H18N2O/c1-11-4-5-14-13(8-11)6-7-17(3)15(14)9-12(2)16-10-18/h4-5,8-10H,6-7H2,1-3H3/b15-9-,16-12?. The van der Waals surface area contributed by atoms with Gasteiger partial charge in [0.1, 0.15) is 0 Å². The first-order chi connectivity index (χ1) is 8.61. The van der Waals surface area contributed by atoms with E-state index in [9.17, 15) is 4.79 Å². The average molecular weight is 242 g/mol. The fourth-order valence-electron chi connectivity index (χ4n) is 2.30. The summed E-state index contributed by atoms with van der Waals surface area (Å²) in [6, 6.07) is 6.51. The highest BCUT2D eigenvalue weighted by Crippen LogP contribution is 2.28. The molecule has 0 atom stereocenters. The Morgan fingerprint density at radius 2 is 2.22 bits per heavy atom.